The summed E-state index contributed by atoms with van der Waals surface area (Å²) in [5.74, 6) is 0.0291. The molecule has 1 aromatic heterocycles. The first-order chi connectivity index (χ1) is 10.1. The molecule has 0 aliphatic carbocycles. The van der Waals surface area contributed by atoms with E-state index < -0.39 is 5.82 Å². The summed E-state index contributed by atoms with van der Waals surface area (Å²) in [6.45, 7) is 2.11. The molecule has 0 amide bonds. The number of rotatable bonds is 3. The highest BCUT2D eigenvalue weighted by Crippen LogP contribution is 2.26. The van der Waals surface area contributed by atoms with Gasteiger partial charge in [0.05, 0.1) is 27.4 Å². The normalized spacial score (nSPS) is 10.8. The summed E-state index contributed by atoms with van der Waals surface area (Å²) in [5.41, 5.74) is 3.19. The molecule has 0 aliphatic heterocycles. The van der Waals surface area contributed by atoms with Crippen molar-refractivity contribution < 1.29 is 9.13 Å². The van der Waals surface area contributed by atoms with Crippen LogP contribution in [0.4, 0.5) is 4.39 Å². The van der Waals surface area contributed by atoms with E-state index in [1.807, 2.05) is 31.2 Å². The number of halogens is 2. The van der Waals surface area contributed by atoms with Crippen molar-refractivity contribution in [3.05, 3.63) is 64.7 Å². The molecular formula is C16H12ClFN2O. The molecule has 0 N–H and O–H groups in total. The van der Waals surface area contributed by atoms with Crippen molar-refractivity contribution in [2.45, 2.75) is 13.5 Å². The topological polar surface area (TPSA) is 35.0 Å². The zero-order valence-electron chi connectivity index (χ0n) is 11.3. The van der Waals surface area contributed by atoms with Gasteiger partial charge in [0, 0.05) is 0 Å². The summed E-state index contributed by atoms with van der Waals surface area (Å²) in [5, 5.41) is 0.237. The predicted octanol–water partition coefficient (Wildman–Crippen LogP) is 4.31. The quantitative estimate of drug-likeness (QED) is 0.723. The summed E-state index contributed by atoms with van der Waals surface area (Å²) < 4.78 is 18.6. The first kappa shape index (κ1) is 13.8. The van der Waals surface area contributed by atoms with E-state index in [9.17, 15) is 4.39 Å². The number of hydrogen-bond donors (Lipinski definition) is 0. The number of hydrogen-bond acceptors (Lipinski definition) is 3. The third kappa shape index (κ3) is 2.95. The highest BCUT2D eigenvalue weighted by molar-refractivity contribution is 6.32. The Hall–Kier alpha value is -2.20. The number of aromatic nitrogens is 2. The highest BCUT2D eigenvalue weighted by atomic mass is 35.5. The zero-order chi connectivity index (χ0) is 14.8. The lowest BCUT2D eigenvalue weighted by Gasteiger charge is -2.10. The van der Waals surface area contributed by atoms with Crippen LogP contribution >= 0.6 is 11.6 Å². The number of fused-ring (bicyclic) bond motifs is 1. The first-order valence-electron chi connectivity index (χ1n) is 6.43. The number of benzene rings is 2. The van der Waals surface area contributed by atoms with Gasteiger partial charge in [-0.25, -0.2) is 14.4 Å². The van der Waals surface area contributed by atoms with Gasteiger partial charge >= 0.3 is 0 Å². The summed E-state index contributed by atoms with van der Waals surface area (Å²) in [6, 6.07) is 11.7. The van der Waals surface area contributed by atoms with E-state index in [1.165, 1.54) is 18.2 Å². The van der Waals surface area contributed by atoms with E-state index in [1.54, 1.807) is 0 Å². The molecule has 5 heteroatoms. The van der Waals surface area contributed by atoms with Gasteiger partial charge in [-0.2, -0.15) is 0 Å². The van der Waals surface area contributed by atoms with Crippen LogP contribution in [0.1, 0.15) is 11.4 Å². The van der Waals surface area contributed by atoms with Crippen molar-refractivity contribution in [2.24, 2.45) is 0 Å². The fourth-order valence-electron chi connectivity index (χ4n) is 2.00. The minimum absolute atomic E-state index is 0.231. The van der Waals surface area contributed by atoms with E-state index >= 15 is 0 Å². The van der Waals surface area contributed by atoms with Gasteiger partial charge in [-0.05, 0) is 37.3 Å². The van der Waals surface area contributed by atoms with Crippen LogP contribution in [0.5, 0.6) is 5.75 Å². The molecular weight excluding hydrogens is 291 g/mol. The summed E-state index contributed by atoms with van der Waals surface area (Å²) in [7, 11) is 0. The van der Waals surface area contributed by atoms with Crippen molar-refractivity contribution in [1.29, 1.82) is 0 Å². The number of para-hydroxylation sites is 2. The molecule has 0 bridgehead atoms. The monoisotopic (exact) mass is 302 g/mol. The van der Waals surface area contributed by atoms with Gasteiger partial charge in [0.15, 0.2) is 0 Å². The average molecular weight is 303 g/mol. The predicted molar refractivity (Wildman–Crippen MR) is 80.0 cm³/mol. The lowest BCUT2D eigenvalue weighted by atomic mass is 10.2. The van der Waals surface area contributed by atoms with Crippen LogP contribution in [0.3, 0.4) is 0 Å². The second kappa shape index (κ2) is 5.66. The summed E-state index contributed by atoms with van der Waals surface area (Å²) >= 11 is 5.93. The van der Waals surface area contributed by atoms with Crippen molar-refractivity contribution in [3.8, 4) is 5.75 Å². The van der Waals surface area contributed by atoms with Crippen LogP contribution in [0.2, 0.25) is 5.02 Å². The van der Waals surface area contributed by atoms with E-state index in [0.717, 1.165) is 22.4 Å². The molecule has 21 heavy (non-hydrogen) atoms. The van der Waals surface area contributed by atoms with Crippen molar-refractivity contribution in [1.82, 2.24) is 9.97 Å². The molecule has 106 valence electrons. The third-order valence-corrected chi connectivity index (χ3v) is 3.40. The summed E-state index contributed by atoms with van der Waals surface area (Å²) in [6.07, 6.45) is 0. The molecule has 0 aliphatic rings. The SMILES string of the molecule is Cc1nc2ccccc2nc1COc1ccc(F)cc1Cl. The zero-order valence-corrected chi connectivity index (χ0v) is 12.1. The van der Waals surface area contributed by atoms with Gasteiger partial charge in [-0.15, -0.1) is 0 Å². The average Bonchev–Trinajstić information content (AvgIpc) is 2.46. The van der Waals surface area contributed by atoms with Crippen LogP contribution in [-0.4, -0.2) is 9.97 Å². The van der Waals surface area contributed by atoms with E-state index in [2.05, 4.69) is 9.97 Å². The van der Waals surface area contributed by atoms with Crippen molar-refractivity contribution in [2.75, 3.05) is 0 Å². The second-order valence-corrected chi connectivity index (χ2v) is 5.02. The van der Waals surface area contributed by atoms with Gasteiger partial charge in [-0.3, -0.25) is 0 Å². The van der Waals surface area contributed by atoms with E-state index in [4.69, 9.17) is 16.3 Å². The van der Waals surface area contributed by atoms with Gasteiger partial charge in [0.25, 0.3) is 0 Å². The van der Waals surface area contributed by atoms with E-state index in [0.29, 0.717) is 5.75 Å². The maximum Gasteiger partial charge on any atom is 0.138 e. The minimum Gasteiger partial charge on any atom is -0.486 e. The van der Waals surface area contributed by atoms with Gasteiger partial charge in [0.2, 0.25) is 0 Å². The fraction of sp³-hybridized carbons (Fsp3) is 0.125. The van der Waals surface area contributed by atoms with Crippen LogP contribution in [-0.2, 0) is 6.61 Å². The molecule has 0 unspecified atom stereocenters. The second-order valence-electron chi connectivity index (χ2n) is 4.61. The lowest BCUT2D eigenvalue weighted by molar-refractivity contribution is 0.300. The Morgan fingerprint density at radius 1 is 1.10 bits per heavy atom. The molecule has 0 radical (unpaired) electrons. The molecule has 0 saturated heterocycles. The van der Waals surface area contributed by atoms with Crippen molar-refractivity contribution in [3.63, 3.8) is 0 Å². The van der Waals surface area contributed by atoms with Gasteiger partial charge in [-0.1, -0.05) is 23.7 Å². The Kier molecular flexibility index (Phi) is 3.71. The van der Waals surface area contributed by atoms with Crippen LogP contribution in [0.25, 0.3) is 11.0 Å². The molecule has 0 saturated carbocycles. The molecule has 0 fully saturated rings. The Morgan fingerprint density at radius 3 is 2.52 bits per heavy atom. The largest absolute Gasteiger partial charge is 0.486 e. The molecule has 3 nitrogen and oxygen atoms in total. The molecule has 3 aromatic rings. The Labute approximate surface area is 126 Å². The maximum absolute atomic E-state index is 13.0. The minimum atomic E-state index is -0.394. The fourth-order valence-corrected chi connectivity index (χ4v) is 2.22. The highest BCUT2D eigenvalue weighted by Gasteiger charge is 2.08. The van der Waals surface area contributed by atoms with Gasteiger partial charge in [0.1, 0.15) is 18.2 Å². The molecule has 1 heterocycles. The lowest BCUT2D eigenvalue weighted by Crippen LogP contribution is -2.04. The number of aryl methyl sites for hydroxylation is 1. The molecule has 0 spiro atoms. The molecule has 2 aromatic carbocycles. The first-order valence-corrected chi connectivity index (χ1v) is 6.81. The standard InChI is InChI=1S/C16H12ClFN2O/c1-10-15(20-14-5-3-2-4-13(14)19-10)9-21-16-7-6-11(18)8-12(16)17/h2-8H,9H2,1H3. The number of ether oxygens (including phenoxy) is 1. The summed E-state index contributed by atoms with van der Waals surface area (Å²) in [4.78, 5) is 9.02. The molecule has 3 rings (SSSR count). The van der Waals surface area contributed by atoms with Crippen molar-refractivity contribution >= 4 is 22.6 Å². The Balaban J connectivity index is 1.86. The van der Waals surface area contributed by atoms with Crippen LogP contribution < -0.4 is 4.74 Å². The maximum atomic E-state index is 13.0. The smallest absolute Gasteiger partial charge is 0.138 e. The Bertz CT molecular complexity index is 807. The van der Waals surface area contributed by atoms with E-state index in [-0.39, 0.29) is 11.6 Å². The Morgan fingerprint density at radius 2 is 1.81 bits per heavy atom. The number of nitrogens with zero attached hydrogens (tertiary/aromatic N) is 2. The van der Waals surface area contributed by atoms with Gasteiger partial charge < -0.3 is 4.74 Å². The van der Waals surface area contributed by atoms with Crippen LogP contribution in [0, 0.1) is 12.7 Å². The third-order valence-electron chi connectivity index (χ3n) is 3.10. The van der Waals surface area contributed by atoms with Crippen LogP contribution in [0.15, 0.2) is 42.5 Å². The molecule has 0 atom stereocenters.